The summed E-state index contributed by atoms with van der Waals surface area (Å²) < 4.78 is 2.25. The molecule has 37 heavy (non-hydrogen) atoms. The van der Waals surface area contributed by atoms with Gasteiger partial charge < -0.3 is 0 Å². The first kappa shape index (κ1) is 20.1. The topological polar surface area (TPSA) is 43.1 Å². The molecule has 0 unspecified atom stereocenters. The molecule has 0 atom stereocenters. The number of rotatable bonds is 2. The zero-order valence-electron chi connectivity index (χ0n) is 19.8. The largest absolute Gasteiger partial charge is 0.292 e. The highest BCUT2D eigenvalue weighted by Gasteiger charge is 2.16. The Labute approximate surface area is 212 Å². The molecule has 0 aliphatic carbocycles. The molecule has 0 N–H and O–H groups in total. The Bertz CT molecular complexity index is 2140. The predicted octanol–water partition coefficient (Wildman–Crippen LogP) is 8.07. The normalized spacial score (nSPS) is 11.8. The zero-order chi connectivity index (χ0) is 24.3. The molecule has 0 aliphatic rings. The van der Waals surface area contributed by atoms with E-state index in [1.54, 1.807) is 0 Å². The number of pyridine rings is 3. The van der Waals surface area contributed by atoms with Crippen LogP contribution in [0.1, 0.15) is 0 Å². The van der Waals surface area contributed by atoms with Crippen molar-refractivity contribution >= 4 is 49.4 Å². The van der Waals surface area contributed by atoms with Crippen LogP contribution in [0.2, 0.25) is 0 Å². The van der Waals surface area contributed by atoms with E-state index in [9.17, 15) is 0 Å². The van der Waals surface area contributed by atoms with Gasteiger partial charge in [0.25, 0.3) is 0 Å². The van der Waals surface area contributed by atoms with Gasteiger partial charge in [0.2, 0.25) is 0 Å². The molecule has 0 saturated carbocycles. The molecule has 172 valence electrons. The van der Waals surface area contributed by atoms with Gasteiger partial charge in [-0.2, -0.15) is 0 Å². The molecule has 4 heteroatoms. The lowest BCUT2D eigenvalue weighted by Crippen LogP contribution is -1.95. The first-order valence-electron chi connectivity index (χ1n) is 12.4. The van der Waals surface area contributed by atoms with Crippen molar-refractivity contribution in [3.8, 4) is 22.5 Å². The van der Waals surface area contributed by atoms with Gasteiger partial charge >= 0.3 is 0 Å². The van der Waals surface area contributed by atoms with Crippen LogP contribution < -0.4 is 0 Å². The van der Waals surface area contributed by atoms with Gasteiger partial charge in [-0.15, -0.1) is 0 Å². The average Bonchev–Trinajstić information content (AvgIpc) is 3.37. The van der Waals surface area contributed by atoms with Crippen LogP contribution in [0.3, 0.4) is 0 Å². The lowest BCUT2D eigenvalue weighted by atomic mass is 10.0. The van der Waals surface area contributed by atoms with Crippen LogP contribution in [-0.2, 0) is 0 Å². The lowest BCUT2D eigenvalue weighted by Gasteiger charge is -2.11. The van der Waals surface area contributed by atoms with Gasteiger partial charge in [-0.1, -0.05) is 84.9 Å². The third-order valence-electron chi connectivity index (χ3n) is 7.14. The molecule has 8 rings (SSSR count). The number of nitrogens with zero attached hydrogens (tertiary/aromatic N) is 4. The second kappa shape index (κ2) is 7.70. The Morgan fingerprint density at radius 3 is 1.89 bits per heavy atom. The van der Waals surface area contributed by atoms with Gasteiger partial charge in [-0.3, -0.25) is 4.40 Å². The lowest BCUT2D eigenvalue weighted by molar-refractivity contribution is 1.28. The molecule has 4 nitrogen and oxygen atoms in total. The van der Waals surface area contributed by atoms with Crippen LogP contribution in [-0.4, -0.2) is 19.4 Å². The van der Waals surface area contributed by atoms with Crippen molar-refractivity contribution in [3.63, 3.8) is 0 Å². The number of benzene rings is 4. The van der Waals surface area contributed by atoms with Gasteiger partial charge in [0.15, 0.2) is 0 Å². The van der Waals surface area contributed by atoms with Crippen molar-refractivity contribution in [1.82, 2.24) is 19.4 Å². The van der Waals surface area contributed by atoms with E-state index < -0.39 is 0 Å². The summed E-state index contributed by atoms with van der Waals surface area (Å²) in [6.07, 6.45) is 0. The minimum Gasteiger partial charge on any atom is -0.292 e. The maximum atomic E-state index is 5.22. The van der Waals surface area contributed by atoms with Crippen molar-refractivity contribution in [2.75, 3.05) is 0 Å². The van der Waals surface area contributed by atoms with Gasteiger partial charge in [0.1, 0.15) is 5.65 Å². The van der Waals surface area contributed by atoms with Crippen molar-refractivity contribution in [2.24, 2.45) is 0 Å². The standard InChI is InChI=1S/C33H20N4/c1-2-8-21(9-3-1)26-18-16-22-14-15-23-17-19-27(35-32(23)31(22)34-26)25-20-24-10-4-6-12-29(24)37-30-13-7-5-11-28(30)36-33(25)37/h1-20H. The molecule has 0 amide bonds. The van der Waals surface area contributed by atoms with Crippen LogP contribution in [0.15, 0.2) is 121 Å². The summed E-state index contributed by atoms with van der Waals surface area (Å²) in [5.41, 5.74) is 9.85. The molecular weight excluding hydrogens is 452 g/mol. The van der Waals surface area contributed by atoms with E-state index in [0.717, 1.165) is 71.9 Å². The van der Waals surface area contributed by atoms with Gasteiger partial charge in [-0.25, -0.2) is 15.0 Å². The number of hydrogen-bond acceptors (Lipinski definition) is 3. The zero-order valence-corrected chi connectivity index (χ0v) is 19.8. The summed E-state index contributed by atoms with van der Waals surface area (Å²) in [5, 5.41) is 3.30. The van der Waals surface area contributed by atoms with Crippen LogP contribution in [0.5, 0.6) is 0 Å². The van der Waals surface area contributed by atoms with E-state index in [2.05, 4.69) is 101 Å². The number of aromatic nitrogens is 4. The van der Waals surface area contributed by atoms with E-state index in [-0.39, 0.29) is 0 Å². The van der Waals surface area contributed by atoms with Gasteiger partial charge in [0, 0.05) is 21.9 Å². The average molecular weight is 473 g/mol. The van der Waals surface area contributed by atoms with Crippen LogP contribution >= 0.6 is 0 Å². The van der Waals surface area contributed by atoms with Crippen molar-refractivity contribution in [3.05, 3.63) is 121 Å². The summed E-state index contributed by atoms with van der Waals surface area (Å²) in [6, 6.07) is 41.9. The van der Waals surface area contributed by atoms with Gasteiger partial charge in [0.05, 0.1) is 39.0 Å². The van der Waals surface area contributed by atoms with E-state index >= 15 is 0 Å². The fraction of sp³-hybridized carbons (Fsp3) is 0. The quantitative estimate of drug-likeness (QED) is 0.239. The highest BCUT2D eigenvalue weighted by atomic mass is 15.0. The maximum Gasteiger partial charge on any atom is 0.147 e. The Hall–Kier alpha value is -5.09. The fourth-order valence-corrected chi connectivity index (χ4v) is 5.36. The molecule has 4 aromatic carbocycles. The summed E-state index contributed by atoms with van der Waals surface area (Å²) in [6.45, 7) is 0. The Kier molecular flexibility index (Phi) is 4.19. The Balaban J connectivity index is 1.44. The second-order valence-corrected chi connectivity index (χ2v) is 9.34. The van der Waals surface area contributed by atoms with Crippen LogP contribution in [0.25, 0.3) is 71.9 Å². The highest BCUT2D eigenvalue weighted by molar-refractivity contribution is 6.05. The smallest absolute Gasteiger partial charge is 0.147 e. The minimum atomic E-state index is 0.887. The monoisotopic (exact) mass is 472 g/mol. The Morgan fingerprint density at radius 2 is 1.08 bits per heavy atom. The molecular formula is C33H20N4. The predicted molar refractivity (Wildman–Crippen MR) is 152 cm³/mol. The first-order valence-corrected chi connectivity index (χ1v) is 12.4. The van der Waals surface area contributed by atoms with Crippen molar-refractivity contribution < 1.29 is 0 Å². The van der Waals surface area contributed by atoms with E-state index in [1.165, 1.54) is 0 Å². The summed E-state index contributed by atoms with van der Waals surface area (Å²) in [4.78, 5) is 15.3. The highest BCUT2D eigenvalue weighted by Crippen LogP contribution is 2.34. The fourth-order valence-electron chi connectivity index (χ4n) is 5.36. The number of hydrogen-bond donors (Lipinski definition) is 0. The molecule has 4 heterocycles. The molecule has 4 aromatic heterocycles. The molecule has 8 aromatic rings. The second-order valence-electron chi connectivity index (χ2n) is 9.34. The van der Waals surface area contributed by atoms with E-state index in [0.29, 0.717) is 0 Å². The molecule has 0 saturated heterocycles. The SMILES string of the molecule is c1ccc(-c2ccc3ccc4ccc(-c5cc6ccccc6n6c5nc5ccccc56)nc4c3n2)cc1. The van der Waals surface area contributed by atoms with Gasteiger partial charge in [-0.05, 0) is 41.8 Å². The third-order valence-corrected chi connectivity index (χ3v) is 7.14. The molecule has 0 spiro atoms. The number of fused-ring (bicyclic) bond motifs is 8. The molecule has 0 fully saturated rings. The van der Waals surface area contributed by atoms with E-state index in [1.807, 2.05) is 24.3 Å². The third kappa shape index (κ3) is 3.06. The Morgan fingerprint density at radius 1 is 0.459 bits per heavy atom. The maximum absolute atomic E-state index is 5.22. The number of imidazole rings is 1. The van der Waals surface area contributed by atoms with Crippen molar-refractivity contribution in [2.45, 2.75) is 0 Å². The summed E-state index contributed by atoms with van der Waals surface area (Å²) in [5.74, 6) is 0. The molecule has 0 radical (unpaired) electrons. The summed E-state index contributed by atoms with van der Waals surface area (Å²) in [7, 11) is 0. The minimum absolute atomic E-state index is 0.887. The number of para-hydroxylation sites is 3. The van der Waals surface area contributed by atoms with Crippen LogP contribution in [0, 0.1) is 0 Å². The molecule has 0 aliphatic heterocycles. The van der Waals surface area contributed by atoms with Crippen LogP contribution in [0.4, 0.5) is 0 Å². The molecule has 0 bridgehead atoms. The van der Waals surface area contributed by atoms with E-state index in [4.69, 9.17) is 15.0 Å². The van der Waals surface area contributed by atoms with Crippen molar-refractivity contribution in [1.29, 1.82) is 0 Å². The summed E-state index contributed by atoms with van der Waals surface area (Å²) >= 11 is 0. The first-order chi connectivity index (χ1) is 18.3.